The van der Waals surface area contributed by atoms with Crippen molar-refractivity contribution in [3.8, 4) is 67.3 Å². The number of hydrogen-bond donors (Lipinski definition) is 0. The van der Waals surface area contributed by atoms with E-state index in [1.54, 1.807) is 0 Å². The lowest BCUT2D eigenvalue weighted by atomic mass is 9.80. The Kier molecular flexibility index (Phi) is 6.98. The minimum Gasteiger partial charge on any atom is -0.228 e. The Bertz CT molecular complexity index is 3080. The summed E-state index contributed by atoms with van der Waals surface area (Å²) in [6, 6.07) is 62.0. The third kappa shape index (κ3) is 4.69. The van der Waals surface area contributed by atoms with Crippen LogP contribution in [0.5, 0.6) is 0 Å². The molecule has 2 aliphatic rings. The van der Waals surface area contributed by atoms with Crippen molar-refractivity contribution < 1.29 is 0 Å². The Hall–Kier alpha value is -6.64. The zero-order valence-electron chi connectivity index (χ0n) is 32.1. The van der Waals surface area contributed by atoms with Gasteiger partial charge in [0.05, 0.1) is 11.4 Å². The minimum absolute atomic E-state index is 0.105. The van der Waals surface area contributed by atoms with Gasteiger partial charge in [0, 0.05) is 27.5 Å². The normalized spacial score (nSPS) is 14.4. The molecule has 1 aromatic heterocycles. The highest BCUT2D eigenvalue weighted by Gasteiger charge is 2.39. The maximum Gasteiger partial charge on any atom is 0.161 e. The summed E-state index contributed by atoms with van der Waals surface area (Å²) in [5, 5.41) is 4.95. The first-order valence-electron chi connectivity index (χ1n) is 19.7. The lowest BCUT2D eigenvalue weighted by Gasteiger charge is -2.23. The van der Waals surface area contributed by atoms with Crippen molar-refractivity contribution in [2.75, 3.05) is 0 Å². The first-order chi connectivity index (χ1) is 27.3. The summed E-state index contributed by atoms with van der Waals surface area (Å²) >= 11 is 0. The first-order valence-corrected chi connectivity index (χ1v) is 19.7. The molecule has 2 heteroatoms. The van der Waals surface area contributed by atoms with E-state index in [0.29, 0.717) is 0 Å². The van der Waals surface area contributed by atoms with Gasteiger partial charge in [0.2, 0.25) is 0 Å². The standard InChI is InChI=1S/C54H40N2/c1-53(2)45-23-13-12-21-40(45)41-27-26-35(31-47(41)53)49-32-48(34-16-6-5-7-17-34)55-52(56-49)43-30-29-39(37-19-10-11-20-38(37)43)42-22-14-24-46-50(42)44-28-25-33-15-8-9-18-36(33)51(44)54(46,3)4/h5-32H,1-4H3. The van der Waals surface area contributed by atoms with Gasteiger partial charge in [0.15, 0.2) is 5.82 Å². The van der Waals surface area contributed by atoms with Crippen molar-refractivity contribution in [3.63, 3.8) is 0 Å². The van der Waals surface area contributed by atoms with Crippen molar-refractivity contribution in [1.82, 2.24) is 9.97 Å². The van der Waals surface area contributed by atoms with Crippen LogP contribution in [-0.4, -0.2) is 9.97 Å². The third-order valence-corrected chi connectivity index (χ3v) is 12.7. The number of nitrogens with zero attached hydrogens (tertiary/aromatic N) is 2. The van der Waals surface area contributed by atoms with E-state index >= 15 is 0 Å². The summed E-state index contributed by atoms with van der Waals surface area (Å²) in [5.41, 5.74) is 18.1. The lowest BCUT2D eigenvalue weighted by Crippen LogP contribution is -2.15. The minimum atomic E-state index is -0.130. The summed E-state index contributed by atoms with van der Waals surface area (Å²) in [4.78, 5) is 10.7. The maximum atomic E-state index is 5.40. The second kappa shape index (κ2) is 11.9. The molecule has 0 N–H and O–H groups in total. The van der Waals surface area contributed by atoms with E-state index in [-0.39, 0.29) is 10.8 Å². The quantitative estimate of drug-likeness (QED) is 0.181. The van der Waals surface area contributed by atoms with Crippen molar-refractivity contribution in [2.24, 2.45) is 0 Å². The van der Waals surface area contributed by atoms with Crippen LogP contribution in [0, 0.1) is 0 Å². The van der Waals surface area contributed by atoms with Gasteiger partial charge in [-0.05, 0) is 95.4 Å². The van der Waals surface area contributed by atoms with Crippen LogP contribution in [0.1, 0.15) is 49.9 Å². The van der Waals surface area contributed by atoms with Gasteiger partial charge < -0.3 is 0 Å². The molecule has 0 radical (unpaired) electrons. The molecule has 0 spiro atoms. The van der Waals surface area contributed by atoms with E-state index in [4.69, 9.17) is 9.97 Å². The van der Waals surface area contributed by atoms with E-state index in [1.165, 1.54) is 71.8 Å². The van der Waals surface area contributed by atoms with Gasteiger partial charge in [0.25, 0.3) is 0 Å². The molecule has 0 fully saturated rings. The number of hydrogen-bond acceptors (Lipinski definition) is 2. The highest BCUT2D eigenvalue weighted by Crippen LogP contribution is 2.55. The SMILES string of the molecule is CC1(C)c2ccccc2-c2ccc(-c3cc(-c4ccccc4)nc(-c4ccc(-c5cccc6c5-c5ccc7ccccc7c5C6(C)C)c5ccccc45)n3)cc21. The van der Waals surface area contributed by atoms with Crippen LogP contribution in [0.25, 0.3) is 88.8 Å². The second-order valence-electron chi connectivity index (χ2n) is 16.5. The lowest BCUT2D eigenvalue weighted by molar-refractivity contribution is 0.660. The number of rotatable bonds is 4. The summed E-state index contributed by atoms with van der Waals surface area (Å²) in [6.45, 7) is 9.43. The Morgan fingerprint density at radius 2 is 0.946 bits per heavy atom. The van der Waals surface area contributed by atoms with Gasteiger partial charge in [0.1, 0.15) is 0 Å². The third-order valence-electron chi connectivity index (χ3n) is 12.7. The van der Waals surface area contributed by atoms with Crippen molar-refractivity contribution in [2.45, 2.75) is 38.5 Å². The second-order valence-corrected chi connectivity index (χ2v) is 16.5. The first kappa shape index (κ1) is 32.8. The molecule has 0 amide bonds. The van der Waals surface area contributed by atoms with Crippen molar-refractivity contribution >= 4 is 21.5 Å². The molecule has 2 nitrogen and oxygen atoms in total. The predicted octanol–water partition coefficient (Wildman–Crippen LogP) is 14.1. The summed E-state index contributed by atoms with van der Waals surface area (Å²) in [5.74, 6) is 0.725. The summed E-state index contributed by atoms with van der Waals surface area (Å²) in [7, 11) is 0. The summed E-state index contributed by atoms with van der Waals surface area (Å²) in [6.07, 6.45) is 0. The Morgan fingerprint density at radius 1 is 0.357 bits per heavy atom. The van der Waals surface area contributed by atoms with Crippen LogP contribution in [0.15, 0.2) is 170 Å². The molecule has 56 heavy (non-hydrogen) atoms. The van der Waals surface area contributed by atoms with Gasteiger partial charge in [-0.15, -0.1) is 0 Å². The Morgan fingerprint density at radius 3 is 1.77 bits per heavy atom. The highest BCUT2D eigenvalue weighted by atomic mass is 14.9. The van der Waals surface area contributed by atoms with E-state index < -0.39 is 0 Å². The van der Waals surface area contributed by atoms with Crippen LogP contribution in [0.4, 0.5) is 0 Å². The molecule has 0 unspecified atom stereocenters. The summed E-state index contributed by atoms with van der Waals surface area (Å²) < 4.78 is 0. The molecular formula is C54H40N2. The van der Waals surface area contributed by atoms with E-state index in [1.807, 2.05) is 0 Å². The van der Waals surface area contributed by atoms with Crippen LogP contribution >= 0.6 is 0 Å². The molecular weight excluding hydrogens is 677 g/mol. The van der Waals surface area contributed by atoms with Gasteiger partial charge >= 0.3 is 0 Å². The van der Waals surface area contributed by atoms with Gasteiger partial charge in [-0.2, -0.15) is 0 Å². The van der Waals surface area contributed by atoms with Gasteiger partial charge in [-0.3, -0.25) is 0 Å². The monoisotopic (exact) mass is 716 g/mol. The molecule has 0 saturated heterocycles. The molecule has 0 aliphatic heterocycles. The fraction of sp³-hybridized carbons (Fsp3) is 0.111. The fourth-order valence-electron chi connectivity index (χ4n) is 9.94. The Labute approximate surface area is 328 Å². The average Bonchev–Trinajstić information content (AvgIpc) is 3.63. The molecule has 2 aliphatic carbocycles. The number of benzene rings is 8. The number of fused-ring (bicyclic) bond motifs is 9. The van der Waals surface area contributed by atoms with Gasteiger partial charge in [-0.1, -0.05) is 179 Å². The molecule has 0 atom stereocenters. The van der Waals surface area contributed by atoms with Crippen LogP contribution in [0.3, 0.4) is 0 Å². The molecule has 266 valence electrons. The largest absolute Gasteiger partial charge is 0.228 e. The zero-order chi connectivity index (χ0) is 37.8. The van der Waals surface area contributed by atoms with E-state index in [2.05, 4.69) is 198 Å². The predicted molar refractivity (Wildman–Crippen MR) is 234 cm³/mol. The molecule has 8 aromatic carbocycles. The Balaban J connectivity index is 1.10. The topological polar surface area (TPSA) is 25.8 Å². The molecule has 0 bridgehead atoms. The zero-order valence-corrected chi connectivity index (χ0v) is 32.1. The van der Waals surface area contributed by atoms with Crippen LogP contribution in [-0.2, 0) is 10.8 Å². The molecule has 9 aromatic rings. The van der Waals surface area contributed by atoms with Gasteiger partial charge in [-0.25, -0.2) is 9.97 Å². The maximum absolute atomic E-state index is 5.40. The molecule has 1 heterocycles. The van der Waals surface area contributed by atoms with Crippen LogP contribution in [0.2, 0.25) is 0 Å². The van der Waals surface area contributed by atoms with E-state index in [0.717, 1.165) is 39.3 Å². The number of aromatic nitrogens is 2. The smallest absolute Gasteiger partial charge is 0.161 e. The van der Waals surface area contributed by atoms with Crippen LogP contribution < -0.4 is 0 Å². The van der Waals surface area contributed by atoms with Crippen molar-refractivity contribution in [1.29, 1.82) is 0 Å². The average molecular weight is 717 g/mol. The highest BCUT2D eigenvalue weighted by molar-refractivity contribution is 6.09. The molecule has 11 rings (SSSR count). The molecule has 0 saturated carbocycles. The fourth-order valence-corrected chi connectivity index (χ4v) is 9.94. The van der Waals surface area contributed by atoms with Crippen molar-refractivity contribution in [3.05, 3.63) is 192 Å². The van der Waals surface area contributed by atoms with E-state index in [9.17, 15) is 0 Å².